The van der Waals surface area contributed by atoms with Crippen LogP contribution in [0, 0.1) is 6.92 Å². The molecule has 1 aromatic rings. The van der Waals surface area contributed by atoms with Crippen molar-refractivity contribution in [2.45, 2.75) is 19.5 Å². The molecule has 0 unspecified atom stereocenters. The molecule has 3 nitrogen and oxygen atoms in total. The largest absolute Gasteiger partial charge is 0.393 e. The van der Waals surface area contributed by atoms with E-state index in [-0.39, 0.29) is 4.88 Å². The molecular formula is C16H20F3N3S. The third-order valence-electron chi connectivity index (χ3n) is 3.59. The molecule has 2 heterocycles. The fourth-order valence-corrected chi connectivity index (χ4v) is 3.61. The highest BCUT2D eigenvalue weighted by molar-refractivity contribution is 7.12. The minimum atomic E-state index is -4.21. The van der Waals surface area contributed by atoms with E-state index in [0.29, 0.717) is 11.3 Å². The number of piperazine rings is 1. The monoisotopic (exact) mass is 343 g/mol. The van der Waals surface area contributed by atoms with Crippen molar-refractivity contribution in [1.82, 2.24) is 10.2 Å². The van der Waals surface area contributed by atoms with Crippen LogP contribution >= 0.6 is 11.3 Å². The Kier molecular flexibility index (Phi) is 5.64. The zero-order valence-electron chi connectivity index (χ0n) is 13.0. The predicted molar refractivity (Wildman–Crippen MR) is 89.1 cm³/mol. The lowest BCUT2D eigenvalue weighted by atomic mass is 10.1. The second-order valence-electron chi connectivity index (χ2n) is 5.32. The van der Waals surface area contributed by atoms with Crippen molar-refractivity contribution in [3.63, 3.8) is 0 Å². The van der Waals surface area contributed by atoms with Gasteiger partial charge in [-0.05, 0) is 13.0 Å². The van der Waals surface area contributed by atoms with Crippen molar-refractivity contribution in [3.8, 4) is 0 Å². The van der Waals surface area contributed by atoms with Crippen LogP contribution in [-0.2, 0) is 6.42 Å². The Hall–Kier alpha value is -1.60. The summed E-state index contributed by atoms with van der Waals surface area (Å²) in [5.41, 5.74) is 2.03. The van der Waals surface area contributed by atoms with E-state index in [1.807, 2.05) is 6.92 Å². The highest BCUT2D eigenvalue weighted by atomic mass is 32.1. The van der Waals surface area contributed by atoms with Crippen LogP contribution in [0.1, 0.15) is 15.3 Å². The summed E-state index contributed by atoms with van der Waals surface area (Å²) in [6, 6.07) is 1.57. The summed E-state index contributed by atoms with van der Waals surface area (Å²) in [5, 5.41) is 3.26. The van der Waals surface area contributed by atoms with Crippen LogP contribution in [0.5, 0.6) is 0 Å². The Labute approximate surface area is 138 Å². The number of allylic oxidation sites excluding steroid dienone is 1. The zero-order chi connectivity index (χ0) is 17.0. The molecule has 0 amide bonds. The Balaban J connectivity index is 2.29. The molecule has 1 aliphatic rings. The van der Waals surface area contributed by atoms with Gasteiger partial charge in [0.15, 0.2) is 0 Å². The summed E-state index contributed by atoms with van der Waals surface area (Å²) in [6.45, 7) is 12.8. The van der Waals surface area contributed by atoms with Gasteiger partial charge in [0, 0.05) is 47.7 Å². The molecule has 1 saturated heterocycles. The number of alkyl halides is 3. The van der Waals surface area contributed by atoms with E-state index in [2.05, 4.69) is 28.4 Å². The molecule has 1 aromatic heterocycles. The van der Waals surface area contributed by atoms with Crippen molar-refractivity contribution in [2.75, 3.05) is 26.2 Å². The quantitative estimate of drug-likeness (QED) is 0.829. The molecule has 0 atom stereocenters. The number of halogens is 3. The number of aliphatic imine (C=N–C) groups is 1. The van der Waals surface area contributed by atoms with Gasteiger partial charge in [-0.1, -0.05) is 13.2 Å². The maximum Gasteiger partial charge on any atom is 0.393 e. The van der Waals surface area contributed by atoms with E-state index in [4.69, 9.17) is 0 Å². The summed E-state index contributed by atoms with van der Waals surface area (Å²) in [4.78, 5) is 7.47. The minimum absolute atomic E-state index is 0.287. The molecule has 126 valence electrons. The topological polar surface area (TPSA) is 27.6 Å². The van der Waals surface area contributed by atoms with Crippen molar-refractivity contribution in [1.29, 1.82) is 0 Å². The molecule has 2 rings (SSSR count). The fourth-order valence-electron chi connectivity index (χ4n) is 2.54. The van der Waals surface area contributed by atoms with E-state index < -0.39 is 12.6 Å². The number of rotatable bonds is 5. The molecular weight excluding hydrogens is 323 g/mol. The number of nitrogens with one attached hydrogen (secondary N) is 1. The first kappa shape index (κ1) is 17.7. The number of hydrogen-bond donors (Lipinski definition) is 1. The summed E-state index contributed by atoms with van der Waals surface area (Å²) in [5.74, 6) is 0. The molecule has 0 radical (unpaired) electrons. The predicted octanol–water partition coefficient (Wildman–Crippen LogP) is 3.51. The Morgan fingerprint density at radius 3 is 2.65 bits per heavy atom. The van der Waals surface area contributed by atoms with Gasteiger partial charge in [-0.15, -0.1) is 11.3 Å². The first-order chi connectivity index (χ1) is 10.8. The van der Waals surface area contributed by atoms with Crippen LogP contribution in [0.4, 0.5) is 13.2 Å². The summed E-state index contributed by atoms with van der Waals surface area (Å²) < 4.78 is 37.8. The van der Waals surface area contributed by atoms with Crippen LogP contribution < -0.4 is 5.32 Å². The second kappa shape index (κ2) is 7.31. The van der Waals surface area contributed by atoms with Crippen LogP contribution in [0.15, 0.2) is 36.1 Å². The third-order valence-corrected chi connectivity index (χ3v) is 4.64. The van der Waals surface area contributed by atoms with E-state index in [0.717, 1.165) is 48.1 Å². The van der Waals surface area contributed by atoms with Gasteiger partial charge in [0.05, 0.1) is 17.8 Å². The lowest BCUT2D eigenvalue weighted by Crippen LogP contribution is -2.44. The van der Waals surface area contributed by atoms with Gasteiger partial charge in [-0.25, -0.2) is 0 Å². The highest BCUT2D eigenvalue weighted by Gasteiger charge is 2.29. The molecule has 0 saturated carbocycles. The van der Waals surface area contributed by atoms with E-state index in [1.165, 1.54) is 6.20 Å². The average Bonchev–Trinajstić information content (AvgIpc) is 2.83. The Bertz CT molecular complexity index is 611. The maximum atomic E-state index is 12.6. The number of nitrogens with zero attached hydrogens (tertiary/aromatic N) is 2. The zero-order valence-corrected chi connectivity index (χ0v) is 13.9. The van der Waals surface area contributed by atoms with Crippen LogP contribution in [0.25, 0.3) is 0 Å². The van der Waals surface area contributed by atoms with Gasteiger partial charge < -0.3 is 10.2 Å². The average molecular weight is 343 g/mol. The molecule has 1 aliphatic heterocycles. The lowest BCUT2D eigenvalue weighted by molar-refractivity contribution is -0.126. The smallest absolute Gasteiger partial charge is 0.368 e. The standard InChI is InChI=1S/C16H20F3N3S/c1-4-21-15(11(2)22-7-5-20-6-8-22)14-9-13(23-12(14)3)10-16(17,18)19/h4,9,20H,1-2,5-8,10H2,3H3. The van der Waals surface area contributed by atoms with Crippen molar-refractivity contribution >= 4 is 17.0 Å². The first-order valence-electron chi connectivity index (χ1n) is 7.32. The fraction of sp³-hybridized carbons (Fsp3) is 0.438. The third kappa shape index (κ3) is 4.68. The molecule has 23 heavy (non-hydrogen) atoms. The van der Waals surface area contributed by atoms with E-state index in [1.54, 1.807) is 6.07 Å². The molecule has 0 aliphatic carbocycles. The van der Waals surface area contributed by atoms with Gasteiger partial charge in [-0.2, -0.15) is 13.2 Å². The number of aryl methyl sites for hydroxylation is 1. The Morgan fingerprint density at radius 1 is 1.43 bits per heavy atom. The summed E-state index contributed by atoms with van der Waals surface area (Å²) in [7, 11) is 0. The summed E-state index contributed by atoms with van der Waals surface area (Å²) in [6.07, 6.45) is -3.72. The molecule has 0 spiro atoms. The normalized spacial score (nSPS) is 16.5. The Morgan fingerprint density at radius 2 is 2.09 bits per heavy atom. The van der Waals surface area contributed by atoms with Gasteiger partial charge in [-0.3, -0.25) is 4.99 Å². The van der Waals surface area contributed by atoms with E-state index in [9.17, 15) is 13.2 Å². The molecule has 7 heteroatoms. The molecule has 1 fully saturated rings. The van der Waals surface area contributed by atoms with Gasteiger partial charge >= 0.3 is 6.18 Å². The second-order valence-corrected chi connectivity index (χ2v) is 6.66. The summed E-state index contributed by atoms with van der Waals surface area (Å²) >= 11 is 1.15. The van der Waals surface area contributed by atoms with E-state index >= 15 is 0 Å². The highest BCUT2D eigenvalue weighted by Crippen LogP contribution is 2.30. The molecule has 0 aromatic carbocycles. The van der Waals surface area contributed by atoms with Crippen molar-refractivity contribution in [2.24, 2.45) is 4.99 Å². The van der Waals surface area contributed by atoms with Crippen LogP contribution in [0.2, 0.25) is 0 Å². The molecule has 0 bridgehead atoms. The van der Waals surface area contributed by atoms with Crippen LogP contribution in [-0.4, -0.2) is 43.0 Å². The van der Waals surface area contributed by atoms with Crippen molar-refractivity contribution < 1.29 is 13.2 Å². The maximum absolute atomic E-state index is 12.6. The SMILES string of the molecule is C=CN=C(C(=C)N1CCNCC1)c1cc(CC(F)(F)F)sc1C. The number of hydrogen-bond acceptors (Lipinski definition) is 4. The van der Waals surface area contributed by atoms with Gasteiger partial charge in [0.1, 0.15) is 0 Å². The molecule has 1 N–H and O–H groups in total. The van der Waals surface area contributed by atoms with Gasteiger partial charge in [0.25, 0.3) is 0 Å². The minimum Gasteiger partial charge on any atom is -0.368 e. The first-order valence-corrected chi connectivity index (χ1v) is 8.13. The van der Waals surface area contributed by atoms with Gasteiger partial charge in [0.2, 0.25) is 0 Å². The van der Waals surface area contributed by atoms with Crippen LogP contribution in [0.3, 0.4) is 0 Å². The lowest BCUT2D eigenvalue weighted by Gasteiger charge is -2.31. The number of thiophene rings is 1. The van der Waals surface area contributed by atoms with Crippen molar-refractivity contribution in [3.05, 3.63) is 46.4 Å².